The van der Waals surface area contributed by atoms with Crippen LogP contribution >= 0.6 is 0 Å². The van der Waals surface area contributed by atoms with E-state index in [0.717, 1.165) is 19.2 Å². The molecule has 0 aliphatic rings. The molecule has 0 fully saturated rings. The smallest absolute Gasteiger partial charge is 0.435 e. The van der Waals surface area contributed by atoms with Crippen LogP contribution in [0.2, 0.25) is 0 Å². The van der Waals surface area contributed by atoms with Gasteiger partial charge < -0.3 is 10.1 Å². The lowest BCUT2D eigenvalue weighted by atomic mass is 10.0. The molecular formula is C23H18F4N4O4S. The average molecular weight is 522 g/mol. The number of nitrogens with one attached hydrogen (secondary N) is 1. The molecule has 0 bridgehead atoms. The zero-order chi connectivity index (χ0) is 27.0. The van der Waals surface area contributed by atoms with E-state index in [1.54, 1.807) is 6.07 Å². The number of ether oxygens (including phenoxy) is 1. The molecule has 3 aromatic rings. The summed E-state index contributed by atoms with van der Waals surface area (Å²) in [5.41, 5.74) is -2.86. The Bertz CT molecular complexity index is 1530. The predicted octanol–water partition coefficient (Wildman–Crippen LogP) is 4.88. The van der Waals surface area contributed by atoms with Crippen molar-refractivity contribution in [2.75, 3.05) is 11.6 Å². The summed E-state index contributed by atoms with van der Waals surface area (Å²) < 4.78 is 84.2. The second-order valence-electron chi connectivity index (χ2n) is 7.83. The number of anilines is 1. The number of rotatable bonds is 5. The van der Waals surface area contributed by atoms with E-state index in [0.29, 0.717) is 0 Å². The third kappa shape index (κ3) is 5.28. The fraction of sp³-hybridized carbons (Fsp3) is 0.217. The molecule has 188 valence electrons. The molecule has 13 heteroatoms. The maximum absolute atomic E-state index is 14.5. The number of hydrogen-bond acceptors (Lipinski definition) is 7. The van der Waals surface area contributed by atoms with Crippen molar-refractivity contribution in [1.82, 2.24) is 10.2 Å². The van der Waals surface area contributed by atoms with E-state index in [9.17, 15) is 30.8 Å². The Hall–Kier alpha value is -4.05. The van der Waals surface area contributed by atoms with E-state index in [-0.39, 0.29) is 33.0 Å². The molecule has 1 N–H and O–H groups in total. The number of nitrogens with zero attached hydrogens (tertiary/aromatic N) is 3. The molecule has 0 unspecified atom stereocenters. The van der Waals surface area contributed by atoms with Gasteiger partial charge in [-0.25, -0.2) is 12.8 Å². The van der Waals surface area contributed by atoms with Gasteiger partial charge in [0, 0.05) is 17.5 Å². The van der Waals surface area contributed by atoms with Gasteiger partial charge in [0.05, 0.1) is 10.5 Å². The van der Waals surface area contributed by atoms with Gasteiger partial charge in [-0.3, -0.25) is 4.79 Å². The first-order valence-electron chi connectivity index (χ1n) is 10.1. The Labute approximate surface area is 203 Å². The van der Waals surface area contributed by atoms with Crippen molar-refractivity contribution in [2.24, 2.45) is 0 Å². The van der Waals surface area contributed by atoms with E-state index in [4.69, 9.17) is 10.00 Å². The third-order valence-electron chi connectivity index (χ3n) is 5.15. The van der Waals surface area contributed by atoms with Crippen molar-refractivity contribution < 1.29 is 35.5 Å². The summed E-state index contributed by atoms with van der Waals surface area (Å²) in [6, 6.07) is 7.96. The molecule has 0 aliphatic heterocycles. The van der Waals surface area contributed by atoms with Crippen LogP contribution < -0.4 is 10.1 Å². The average Bonchev–Trinajstić information content (AvgIpc) is 2.77. The highest BCUT2D eigenvalue weighted by Gasteiger charge is 2.38. The summed E-state index contributed by atoms with van der Waals surface area (Å²) in [5.74, 6) is -2.81. The standard InChI is InChI=1S/C23H18F4N4O4S/c1-11-8-14(10-28)18(24)13(3)19(11)35-22-17(12(2)20(30-31-22)23(25,26)27)21(32)29-15-6-5-7-16(9-15)36(4,33)34/h5-9H,1-4H3,(H,29,32). The van der Waals surface area contributed by atoms with Gasteiger partial charge in [0.2, 0.25) is 0 Å². The van der Waals surface area contributed by atoms with Crippen LogP contribution in [0.3, 0.4) is 0 Å². The normalized spacial score (nSPS) is 11.6. The lowest BCUT2D eigenvalue weighted by Crippen LogP contribution is -2.21. The first kappa shape index (κ1) is 26.6. The van der Waals surface area contributed by atoms with Crippen molar-refractivity contribution in [3.63, 3.8) is 0 Å². The molecule has 0 spiro atoms. The monoisotopic (exact) mass is 522 g/mol. The number of carbonyl (C=O) groups excluding carboxylic acids is 1. The Kier molecular flexibility index (Phi) is 7.04. The van der Waals surface area contributed by atoms with Gasteiger partial charge in [0.15, 0.2) is 15.5 Å². The van der Waals surface area contributed by atoms with Crippen LogP contribution in [0.5, 0.6) is 11.6 Å². The van der Waals surface area contributed by atoms with Crippen molar-refractivity contribution in [2.45, 2.75) is 31.8 Å². The number of sulfone groups is 1. The molecule has 8 nitrogen and oxygen atoms in total. The SMILES string of the molecule is Cc1cc(C#N)c(F)c(C)c1Oc1nnc(C(F)(F)F)c(C)c1C(=O)Nc1cccc(S(C)(=O)=O)c1. The molecule has 1 aromatic heterocycles. The highest BCUT2D eigenvalue weighted by atomic mass is 32.2. The molecule has 0 saturated heterocycles. The maximum atomic E-state index is 14.5. The Balaban J connectivity index is 2.15. The number of alkyl halides is 3. The number of hydrogen-bond donors (Lipinski definition) is 1. The number of carbonyl (C=O) groups is 1. The van der Waals surface area contributed by atoms with E-state index in [2.05, 4.69) is 15.5 Å². The molecule has 0 atom stereocenters. The number of aryl methyl sites for hydroxylation is 1. The Morgan fingerprint density at radius 2 is 1.78 bits per heavy atom. The minimum atomic E-state index is -4.95. The zero-order valence-corrected chi connectivity index (χ0v) is 20.1. The van der Waals surface area contributed by atoms with Crippen LogP contribution in [0.1, 0.15) is 38.3 Å². The van der Waals surface area contributed by atoms with Crippen molar-refractivity contribution >= 4 is 21.4 Å². The fourth-order valence-electron chi connectivity index (χ4n) is 3.38. The van der Waals surface area contributed by atoms with Gasteiger partial charge in [-0.2, -0.15) is 18.4 Å². The highest BCUT2D eigenvalue weighted by molar-refractivity contribution is 7.90. The van der Waals surface area contributed by atoms with E-state index < -0.39 is 50.4 Å². The minimum Gasteiger partial charge on any atom is -0.436 e. The first-order valence-corrected chi connectivity index (χ1v) is 12.0. The molecule has 36 heavy (non-hydrogen) atoms. The number of aromatic nitrogens is 2. The van der Waals surface area contributed by atoms with Gasteiger partial charge >= 0.3 is 6.18 Å². The lowest BCUT2D eigenvalue weighted by Gasteiger charge is -2.18. The molecular weight excluding hydrogens is 504 g/mol. The van der Waals surface area contributed by atoms with Crippen LogP contribution in [0.25, 0.3) is 0 Å². The maximum Gasteiger partial charge on any atom is 0.435 e. The molecule has 3 rings (SSSR count). The number of halogens is 4. The van der Waals surface area contributed by atoms with Gasteiger partial charge in [-0.15, -0.1) is 10.2 Å². The predicted molar refractivity (Wildman–Crippen MR) is 120 cm³/mol. The first-order chi connectivity index (χ1) is 16.6. The van der Waals surface area contributed by atoms with Crippen molar-refractivity contribution in [1.29, 1.82) is 5.26 Å². The summed E-state index contributed by atoms with van der Waals surface area (Å²) in [6.45, 7) is 3.76. The number of amides is 1. The van der Waals surface area contributed by atoms with Gasteiger partial charge in [-0.1, -0.05) is 6.07 Å². The zero-order valence-electron chi connectivity index (χ0n) is 19.3. The van der Waals surface area contributed by atoms with Crippen molar-refractivity contribution in [3.8, 4) is 17.7 Å². The highest BCUT2D eigenvalue weighted by Crippen LogP contribution is 2.37. The quantitative estimate of drug-likeness (QED) is 0.474. The second kappa shape index (κ2) is 9.54. The molecule has 0 radical (unpaired) electrons. The second-order valence-corrected chi connectivity index (χ2v) is 9.84. The van der Waals surface area contributed by atoms with Gasteiger partial charge in [-0.05, 0) is 56.2 Å². The molecule has 0 saturated carbocycles. The number of benzene rings is 2. The minimum absolute atomic E-state index is 0.0181. The molecule has 1 amide bonds. The summed E-state index contributed by atoms with van der Waals surface area (Å²) in [5, 5.41) is 18.0. The Morgan fingerprint density at radius 1 is 1.11 bits per heavy atom. The molecule has 1 heterocycles. The molecule has 2 aromatic carbocycles. The van der Waals surface area contributed by atoms with E-state index in [1.165, 1.54) is 38.1 Å². The largest absolute Gasteiger partial charge is 0.436 e. The van der Waals surface area contributed by atoms with Crippen LogP contribution in [0.4, 0.5) is 23.2 Å². The fourth-order valence-corrected chi connectivity index (χ4v) is 4.05. The number of nitriles is 1. The Morgan fingerprint density at radius 3 is 2.36 bits per heavy atom. The topological polar surface area (TPSA) is 122 Å². The van der Waals surface area contributed by atoms with Crippen LogP contribution in [-0.4, -0.2) is 30.8 Å². The van der Waals surface area contributed by atoms with Crippen LogP contribution in [0, 0.1) is 37.9 Å². The summed E-state index contributed by atoms with van der Waals surface area (Å²) in [4.78, 5) is 13.0. The van der Waals surface area contributed by atoms with Crippen LogP contribution in [0.15, 0.2) is 35.2 Å². The van der Waals surface area contributed by atoms with Gasteiger partial charge in [0.1, 0.15) is 23.2 Å². The summed E-state index contributed by atoms with van der Waals surface area (Å²) in [7, 11) is -3.63. The van der Waals surface area contributed by atoms with Gasteiger partial charge in [0.25, 0.3) is 11.8 Å². The third-order valence-corrected chi connectivity index (χ3v) is 6.26. The summed E-state index contributed by atoms with van der Waals surface area (Å²) in [6.07, 6.45) is -4.00. The van der Waals surface area contributed by atoms with Crippen molar-refractivity contribution in [3.05, 3.63) is 69.7 Å². The van der Waals surface area contributed by atoms with E-state index >= 15 is 0 Å². The molecule has 0 aliphatic carbocycles. The van der Waals surface area contributed by atoms with E-state index in [1.807, 2.05) is 0 Å². The summed E-state index contributed by atoms with van der Waals surface area (Å²) >= 11 is 0. The van der Waals surface area contributed by atoms with Crippen LogP contribution in [-0.2, 0) is 16.0 Å². The lowest BCUT2D eigenvalue weighted by molar-refractivity contribution is -0.142.